The Morgan fingerprint density at radius 1 is 1.08 bits per heavy atom. The van der Waals surface area contributed by atoms with Crippen LogP contribution in [0.4, 0.5) is 0 Å². The largest absolute Gasteiger partial charge is 0.0877 e. The summed E-state index contributed by atoms with van der Waals surface area (Å²) in [6.07, 6.45) is 17.2. The fourth-order valence-electron chi connectivity index (χ4n) is 1.28. The SMILES string of the molecule is C/C=C/C=C\C1C=CC=CC1C. The Morgan fingerprint density at radius 2 is 1.83 bits per heavy atom. The van der Waals surface area contributed by atoms with Gasteiger partial charge >= 0.3 is 0 Å². The van der Waals surface area contributed by atoms with E-state index < -0.39 is 0 Å². The van der Waals surface area contributed by atoms with Crippen LogP contribution >= 0.6 is 0 Å². The highest BCUT2D eigenvalue weighted by Gasteiger charge is 2.08. The van der Waals surface area contributed by atoms with Gasteiger partial charge in [-0.25, -0.2) is 0 Å². The van der Waals surface area contributed by atoms with Gasteiger partial charge < -0.3 is 0 Å². The summed E-state index contributed by atoms with van der Waals surface area (Å²) in [5.41, 5.74) is 0. The Morgan fingerprint density at radius 3 is 2.50 bits per heavy atom. The van der Waals surface area contributed by atoms with Gasteiger partial charge in [-0.05, 0) is 12.8 Å². The van der Waals surface area contributed by atoms with Gasteiger partial charge in [-0.3, -0.25) is 0 Å². The second-order valence-electron chi connectivity index (χ2n) is 3.12. The smallest absolute Gasteiger partial charge is 0.00131 e. The van der Waals surface area contributed by atoms with Crippen molar-refractivity contribution in [2.24, 2.45) is 11.8 Å². The molecule has 0 bridgehead atoms. The van der Waals surface area contributed by atoms with E-state index in [-0.39, 0.29) is 0 Å². The minimum Gasteiger partial charge on any atom is -0.0877 e. The molecule has 0 N–H and O–H groups in total. The van der Waals surface area contributed by atoms with Crippen LogP contribution in [0.25, 0.3) is 0 Å². The Labute approximate surface area is 75.0 Å². The molecule has 2 unspecified atom stereocenters. The molecule has 0 fully saturated rings. The Hall–Kier alpha value is -1.04. The summed E-state index contributed by atoms with van der Waals surface area (Å²) < 4.78 is 0. The number of hydrogen-bond acceptors (Lipinski definition) is 0. The van der Waals surface area contributed by atoms with Crippen LogP contribution in [-0.2, 0) is 0 Å². The molecule has 0 amide bonds. The molecule has 1 rings (SSSR count). The average molecular weight is 160 g/mol. The van der Waals surface area contributed by atoms with E-state index in [9.17, 15) is 0 Å². The van der Waals surface area contributed by atoms with E-state index in [0.29, 0.717) is 11.8 Å². The minimum absolute atomic E-state index is 0.575. The zero-order chi connectivity index (χ0) is 8.81. The molecule has 0 heteroatoms. The predicted molar refractivity (Wildman–Crippen MR) is 54.9 cm³/mol. The normalized spacial score (nSPS) is 29.2. The van der Waals surface area contributed by atoms with E-state index in [1.165, 1.54) is 0 Å². The van der Waals surface area contributed by atoms with Crippen molar-refractivity contribution >= 4 is 0 Å². The van der Waals surface area contributed by atoms with Crippen molar-refractivity contribution < 1.29 is 0 Å². The molecule has 1 aliphatic carbocycles. The van der Waals surface area contributed by atoms with E-state index in [1.807, 2.05) is 13.0 Å². The molecular formula is C12H16. The Balaban J connectivity index is 2.52. The summed E-state index contributed by atoms with van der Waals surface area (Å²) >= 11 is 0. The van der Waals surface area contributed by atoms with E-state index in [1.54, 1.807) is 0 Å². The molecule has 0 nitrogen and oxygen atoms in total. The van der Waals surface area contributed by atoms with E-state index in [4.69, 9.17) is 0 Å². The van der Waals surface area contributed by atoms with Crippen LogP contribution < -0.4 is 0 Å². The second-order valence-corrected chi connectivity index (χ2v) is 3.12. The molecular weight excluding hydrogens is 144 g/mol. The van der Waals surface area contributed by atoms with Crippen LogP contribution in [-0.4, -0.2) is 0 Å². The van der Waals surface area contributed by atoms with Gasteiger partial charge in [0.05, 0.1) is 0 Å². The number of allylic oxidation sites excluding steroid dienone is 8. The molecule has 12 heavy (non-hydrogen) atoms. The monoisotopic (exact) mass is 160 g/mol. The standard InChI is InChI=1S/C12H16/c1-3-4-5-9-12-10-7-6-8-11(12)2/h3-12H,1-2H3/b4-3+,9-5-. The zero-order valence-electron chi connectivity index (χ0n) is 7.77. The first kappa shape index (κ1) is 9.05. The van der Waals surface area contributed by atoms with Gasteiger partial charge in [0.15, 0.2) is 0 Å². The Bertz CT molecular complexity index is 228. The van der Waals surface area contributed by atoms with Gasteiger partial charge in [0.25, 0.3) is 0 Å². The lowest BCUT2D eigenvalue weighted by Gasteiger charge is -2.15. The van der Waals surface area contributed by atoms with Crippen molar-refractivity contribution in [2.45, 2.75) is 13.8 Å². The zero-order valence-corrected chi connectivity index (χ0v) is 7.77. The first-order valence-electron chi connectivity index (χ1n) is 4.49. The lowest BCUT2D eigenvalue weighted by Crippen LogP contribution is -2.05. The molecule has 0 radical (unpaired) electrons. The predicted octanol–water partition coefficient (Wildman–Crippen LogP) is 3.50. The van der Waals surface area contributed by atoms with Crippen molar-refractivity contribution in [2.75, 3.05) is 0 Å². The lowest BCUT2D eigenvalue weighted by atomic mass is 9.90. The van der Waals surface area contributed by atoms with Crippen molar-refractivity contribution in [3.63, 3.8) is 0 Å². The maximum absolute atomic E-state index is 2.24. The van der Waals surface area contributed by atoms with Crippen LogP contribution in [0, 0.1) is 11.8 Å². The molecule has 0 saturated heterocycles. The molecule has 0 saturated carbocycles. The topological polar surface area (TPSA) is 0 Å². The molecule has 0 heterocycles. The molecule has 0 aromatic carbocycles. The summed E-state index contributed by atoms with van der Waals surface area (Å²) in [7, 11) is 0. The molecule has 0 aromatic rings. The summed E-state index contributed by atoms with van der Waals surface area (Å²) in [5.74, 6) is 1.21. The minimum atomic E-state index is 0.575. The lowest BCUT2D eigenvalue weighted by molar-refractivity contribution is 0.605. The highest BCUT2D eigenvalue weighted by molar-refractivity contribution is 5.19. The van der Waals surface area contributed by atoms with Crippen LogP contribution in [0.3, 0.4) is 0 Å². The van der Waals surface area contributed by atoms with E-state index in [0.717, 1.165) is 0 Å². The van der Waals surface area contributed by atoms with Crippen LogP contribution in [0.15, 0.2) is 48.6 Å². The fourth-order valence-corrected chi connectivity index (χ4v) is 1.28. The first-order chi connectivity index (χ1) is 5.84. The fraction of sp³-hybridized carbons (Fsp3) is 0.333. The number of hydrogen-bond donors (Lipinski definition) is 0. The van der Waals surface area contributed by atoms with Gasteiger partial charge in [0.1, 0.15) is 0 Å². The van der Waals surface area contributed by atoms with Crippen molar-refractivity contribution in [3.8, 4) is 0 Å². The van der Waals surface area contributed by atoms with Crippen LogP contribution in [0.5, 0.6) is 0 Å². The molecule has 0 spiro atoms. The van der Waals surface area contributed by atoms with Gasteiger partial charge in [0.2, 0.25) is 0 Å². The van der Waals surface area contributed by atoms with E-state index >= 15 is 0 Å². The van der Waals surface area contributed by atoms with Crippen molar-refractivity contribution in [1.82, 2.24) is 0 Å². The highest BCUT2D eigenvalue weighted by Crippen LogP contribution is 2.19. The number of rotatable bonds is 2. The maximum Gasteiger partial charge on any atom is 0.00131 e. The van der Waals surface area contributed by atoms with E-state index in [2.05, 4.69) is 49.5 Å². The second kappa shape index (κ2) is 4.76. The summed E-state index contributed by atoms with van der Waals surface area (Å²) in [5, 5.41) is 0. The first-order valence-corrected chi connectivity index (χ1v) is 4.49. The third-order valence-electron chi connectivity index (χ3n) is 2.10. The summed E-state index contributed by atoms with van der Waals surface area (Å²) in [4.78, 5) is 0. The molecule has 2 atom stereocenters. The van der Waals surface area contributed by atoms with Gasteiger partial charge in [-0.1, -0.05) is 55.5 Å². The highest BCUT2D eigenvalue weighted by atomic mass is 14.1. The van der Waals surface area contributed by atoms with Gasteiger partial charge in [0, 0.05) is 5.92 Å². The average Bonchev–Trinajstić information content (AvgIpc) is 2.09. The van der Waals surface area contributed by atoms with Crippen molar-refractivity contribution in [1.29, 1.82) is 0 Å². The van der Waals surface area contributed by atoms with Gasteiger partial charge in [-0.15, -0.1) is 0 Å². The third kappa shape index (κ3) is 2.54. The summed E-state index contributed by atoms with van der Waals surface area (Å²) in [6.45, 7) is 4.27. The Kier molecular flexibility index (Phi) is 3.59. The quantitative estimate of drug-likeness (QED) is 0.542. The molecule has 1 aliphatic rings. The summed E-state index contributed by atoms with van der Waals surface area (Å²) in [6, 6.07) is 0. The van der Waals surface area contributed by atoms with Crippen molar-refractivity contribution in [3.05, 3.63) is 48.6 Å². The van der Waals surface area contributed by atoms with Crippen LogP contribution in [0.1, 0.15) is 13.8 Å². The maximum atomic E-state index is 2.24. The van der Waals surface area contributed by atoms with Crippen LogP contribution in [0.2, 0.25) is 0 Å². The van der Waals surface area contributed by atoms with Gasteiger partial charge in [-0.2, -0.15) is 0 Å². The molecule has 0 aromatic heterocycles. The third-order valence-corrected chi connectivity index (χ3v) is 2.10. The molecule has 0 aliphatic heterocycles. The molecule has 64 valence electrons.